The molecular formula is C16H21N3O5. The topological polar surface area (TPSA) is 102 Å². The number of hydrogen-bond donors (Lipinski definition) is 1. The van der Waals surface area contributed by atoms with Crippen LogP contribution < -0.4 is 5.32 Å². The SMILES string of the molecule is CCOC(=O)N1CCCC(C(=O)Nc2ccc(C)c([N+](=O)[O-])c2)C1. The zero-order valence-electron chi connectivity index (χ0n) is 13.8. The van der Waals surface area contributed by atoms with Crippen LogP contribution in [0.4, 0.5) is 16.2 Å². The number of nitrogens with zero attached hydrogens (tertiary/aromatic N) is 2. The molecule has 130 valence electrons. The number of likely N-dealkylation sites (tertiary alicyclic amines) is 1. The number of aryl methyl sites for hydroxylation is 1. The van der Waals surface area contributed by atoms with E-state index in [4.69, 9.17) is 4.74 Å². The zero-order chi connectivity index (χ0) is 17.7. The van der Waals surface area contributed by atoms with Crippen LogP contribution >= 0.6 is 0 Å². The quantitative estimate of drug-likeness (QED) is 0.673. The molecule has 1 atom stereocenters. The van der Waals surface area contributed by atoms with Crippen molar-refractivity contribution in [2.45, 2.75) is 26.7 Å². The van der Waals surface area contributed by atoms with Crippen molar-refractivity contribution < 1.29 is 19.2 Å². The number of amides is 2. The molecule has 0 aliphatic carbocycles. The highest BCUT2D eigenvalue weighted by molar-refractivity contribution is 5.93. The first-order valence-electron chi connectivity index (χ1n) is 7.90. The molecule has 1 unspecified atom stereocenters. The molecule has 0 bridgehead atoms. The van der Waals surface area contributed by atoms with Crippen LogP contribution in [0.15, 0.2) is 18.2 Å². The van der Waals surface area contributed by atoms with Crippen LogP contribution in [0.2, 0.25) is 0 Å². The average Bonchev–Trinajstić information content (AvgIpc) is 2.56. The minimum absolute atomic E-state index is 0.0374. The van der Waals surface area contributed by atoms with Gasteiger partial charge < -0.3 is 15.0 Å². The standard InChI is InChI=1S/C16H21N3O5/c1-3-24-16(21)18-8-4-5-12(10-18)15(20)17-13-7-6-11(2)14(9-13)19(22)23/h6-7,9,12H,3-5,8,10H2,1-2H3,(H,17,20). The second kappa shape index (κ2) is 7.76. The van der Waals surface area contributed by atoms with Crippen molar-refractivity contribution in [3.63, 3.8) is 0 Å². The summed E-state index contributed by atoms with van der Waals surface area (Å²) in [4.78, 5) is 36.2. The smallest absolute Gasteiger partial charge is 0.409 e. The summed E-state index contributed by atoms with van der Waals surface area (Å²) in [6.45, 7) is 4.52. The molecule has 1 aliphatic heterocycles. The third kappa shape index (κ3) is 4.21. The Labute approximate surface area is 139 Å². The third-order valence-electron chi connectivity index (χ3n) is 3.99. The maximum absolute atomic E-state index is 12.4. The monoisotopic (exact) mass is 335 g/mol. The van der Waals surface area contributed by atoms with E-state index in [-0.39, 0.29) is 17.5 Å². The number of nitrogens with one attached hydrogen (secondary N) is 1. The van der Waals surface area contributed by atoms with Crippen molar-refractivity contribution in [1.82, 2.24) is 4.90 Å². The lowest BCUT2D eigenvalue weighted by Crippen LogP contribution is -2.44. The number of nitro benzene ring substituents is 1. The highest BCUT2D eigenvalue weighted by atomic mass is 16.6. The second-order valence-electron chi connectivity index (χ2n) is 5.73. The molecule has 1 N–H and O–H groups in total. The number of nitro groups is 1. The van der Waals surface area contributed by atoms with Gasteiger partial charge in [0.05, 0.1) is 17.4 Å². The molecule has 1 fully saturated rings. The Bertz CT molecular complexity index is 647. The molecule has 2 rings (SSSR count). The van der Waals surface area contributed by atoms with Gasteiger partial charge in [0, 0.05) is 30.4 Å². The van der Waals surface area contributed by atoms with E-state index in [2.05, 4.69) is 5.32 Å². The van der Waals surface area contributed by atoms with E-state index >= 15 is 0 Å². The maximum atomic E-state index is 12.4. The molecule has 0 saturated carbocycles. The summed E-state index contributed by atoms with van der Waals surface area (Å²) in [6.07, 6.45) is 0.960. The van der Waals surface area contributed by atoms with E-state index < -0.39 is 11.0 Å². The lowest BCUT2D eigenvalue weighted by atomic mass is 9.97. The maximum Gasteiger partial charge on any atom is 0.409 e. The van der Waals surface area contributed by atoms with Gasteiger partial charge in [0.2, 0.25) is 5.91 Å². The number of carbonyl (C=O) groups is 2. The lowest BCUT2D eigenvalue weighted by Gasteiger charge is -2.31. The van der Waals surface area contributed by atoms with Crippen molar-refractivity contribution in [2.24, 2.45) is 5.92 Å². The van der Waals surface area contributed by atoms with E-state index in [9.17, 15) is 19.7 Å². The summed E-state index contributed by atoms with van der Waals surface area (Å²) >= 11 is 0. The number of hydrogen-bond acceptors (Lipinski definition) is 5. The molecule has 1 saturated heterocycles. The molecule has 1 aliphatic rings. The number of ether oxygens (including phenoxy) is 1. The van der Waals surface area contributed by atoms with Crippen LogP contribution in [0.5, 0.6) is 0 Å². The minimum Gasteiger partial charge on any atom is -0.450 e. The normalized spacial score (nSPS) is 17.2. The fraction of sp³-hybridized carbons (Fsp3) is 0.500. The summed E-state index contributed by atoms with van der Waals surface area (Å²) < 4.78 is 4.96. The lowest BCUT2D eigenvalue weighted by molar-refractivity contribution is -0.385. The van der Waals surface area contributed by atoms with Crippen LogP contribution in [-0.4, -0.2) is 41.5 Å². The fourth-order valence-corrected chi connectivity index (χ4v) is 2.70. The van der Waals surface area contributed by atoms with Crippen LogP contribution in [-0.2, 0) is 9.53 Å². The number of piperidine rings is 1. The van der Waals surface area contributed by atoms with Crippen molar-refractivity contribution in [3.05, 3.63) is 33.9 Å². The molecular weight excluding hydrogens is 314 g/mol. The Morgan fingerprint density at radius 3 is 2.88 bits per heavy atom. The third-order valence-corrected chi connectivity index (χ3v) is 3.99. The Hall–Kier alpha value is -2.64. The molecule has 0 aromatic heterocycles. The van der Waals surface area contributed by atoms with Gasteiger partial charge in [-0.05, 0) is 32.8 Å². The van der Waals surface area contributed by atoms with Crippen molar-refractivity contribution in [2.75, 3.05) is 25.0 Å². The summed E-state index contributed by atoms with van der Waals surface area (Å²) in [7, 11) is 0. The largest absolute Gasteiger partial charge is 0.450 e. The van der Waals surface area contributed by atoms with Gasteiger partial charge in [0.1, 0.15) is 0 Å². The second-order valence-corrected chi connectivity index (χ2v) is 5.73. The fourth-order valence-electron chi connectivity index (χ4n) is 2.70. The van der Waals surface area contributed by atoms with Crippen molar-refractivity contribution >= 4 is 23.4 Å². The number of rotatable bonds is 4. The summed E-state index contributed by atoms with van der Waals surface area (Å²) in [5.41, 5.74) is 0.874. The Balaban J connectivity index is 2.03. The number of anilines is 1. The highest BCUT2D eigenvalue weighted by Crippen LogP contribution is 2.24. The predicted molar refractivity (Wildman–Crippen MR) is 87.8 cm³/mol. The van der Waals surface area contributed by atoms with Gasteiger partial charge in [-0.2, -0.15) is 0 Å². The van der Waals surface area contributed by atoms with Gasteiger partial charge in [-0.3, -0.25) is 14.9 Å². The molecule has 24 heavy (non-hydrogen) atoms. The zero-order valence-corrected chi connectivity index (χ0v) is 13.8. The minimum atomic E-state index is -0.478. The average molecular weight is 335 g/mol. The number of carbonyl (C=O) groups excluding carboxylic acids is 2. The Morgan fingerprint density at radius 1 is 1.46 bits per heavy atom. The summed E-state index contributed by atoms with van der Waals surface area (Å²) in [6, 6.07) is 4.57. The van der Waals surface area contributed by atoms with E-state index in [1.54, 1.807) is 26.0 Å². The molecule has 8 heteroatoms. The highest BCUT2D eigenvalue weighted by Gasteiger charge is 2.29. The van der Waals surface area contributed by atoms with Crippen LogP contribution in [0, 0.1) is 23.0 Å². The molecule has 1 aromatic rings. The van der Waals surface area contributed by atoms with Crippen molar-refractivity contribution in [1.29, 1.82) is 0 Å². The summed E-state index contributed by atoms with van der Waals surface area (Å²) in [5, 5.41) is 13.7. The molecule has 0 radical (unpaired) electrons. The van der Waals surface area contributed by atoms with E-state index in [0.717, 1.165) is 0 Å². The summed E-state index contributed by atoms with van der Waals surface area (Å²) in [5.74, 6) is -0.606. The van der Waals surface area contributed by atoms with Gasteiger partial charge in [-0.25, -0.2) is 4.79 Å². The first-order chi connectivity index (χ1) is 11.4. The predicted octanol–water partition coefficient (Wildman–Crippen LogP) is 2.71. The van der Waals surface area contributed by atoms with Crippen LogP contribution in [0.3, 0.4) is 0 Å². The van der Waals surface area contributed by atoms with Crippen molar-refractivity contribution in [3.8, 4) is 0 Å². The molecule has 0 spiro atoms. The molecule has 2 amide bonds. The van der Waals surface area contributed by atoms with Crippen LogP contribution in [0.25, 0.3) is 0 Å². The van der Waals surface area contributed by atoms with Gasteiger partial charge in [-0.15, -0.1) is 0 Å². The molecule has 8 nitrogen and oxygen atoms in total. The van der Waals surface area contributed by atoms with E-state index in [1.807, 2.05) is 0 Å². The van der Waals surface area contributed by atoms with Gasteiger partial charge in [-0.1, -0.05) is 6.07 Å². The van der Waals surface area contributed by atoms with Gasteiger partial charge in [0.15, 0.2) is 0 Å². The number of benzene rings is 1. The molecule has 1 aromatic carbocycles. The van der Waals surface area contributed by atoms with E-state index in [0.29, 0.717) is 43.8 Å². The first kappa shape index (κ1) is 17.7. The van der Waals surface area contributed by atoms with Gasteiger partial charge >= 0.3 is 6.09 Å². The Kier molecular flexibility index (Phi) is 5.73. The van der Waals surface area contributed by atoms with Gasteiger partial charge in [0.25, 0.3) is 5.69 Å². The van der Waals surface area contributed by atoms with E-state index in [1.165, 1.54) is 11.0 Å². The Morgan fingerprint density at radius 2 is 2.21 bits per heavy atom. The van der Waals surface area contributed by atoms with Crippen LogP contribution in [0.1, 0.15) is 25.3 Å². The molecule has 1 heterocycles. The first-order valence-corrected chi connectivity index (χ1v) is 7.90.